The number of hydrogen-bond donors (Lipinski definition) is 1. The van der Waals surface area contributed by atoms with E-state index in [0.29, 0.717) is 41.6 Å². The molecule has 228 valence electrons. The minimum absolute atomic E-state index is 0.130. The fourth-order valence-corrected chi connectivity index (χ4v) is 5.88. The minimum Gasteiger partial charge on any atom is -0.437 e. The molecule has 0 atom stereocenters. The molecule has 4 heterocycles. The molecule has 1 saturated heterocycles. The fraction of sp³-hybridized carbons (Fsp3) is 0.258. The van der Waals surface area contributed by atoms with Crippen LogP contribution in [0.25, 0.3) is 22.4 Å². The fourth-order valence-electron chi connectivity index (χ4n) is 5.08. The lowest BCUT2D eigenvalue weighted by atomic mass is 10.0. The summed E-state index contributed by atoms with van der Waals surface area (Å²) in [5.74, 6) is 0.390. The molecule has 1 fully saturated rings. The van der Waals surface area contributed by atoms with E-state index in [4.69, 9.17) is 16.3 Å². The summed E-state index contributed by atoms with van der Waals surface area (Å²) in [6, 6.07) is 12.1. The van der Waals surface area contributed by atoms with Gasteiger partial charge in [-0.05, 0) is 54.4 Å². The van der Waals surface area contributed by atoms with E-state index in [1.807, 2.05) is 52.7 Å². The summed E-state index contributed by atoms with van der Waals surface area (Å²) in [7, 11) is 3.84. The number of likely N-dealkylation sites (N-methyl/N-ethyl adjacent to an activating group) is 1. The Hall–Kier alpha value is -3.97. The first kappa shape index (κ1) is 30.1. The van der Waals surface area contributed by atoms with Crippen molar-refractivity contribution in [1.29, 1.82) is 0 Å². The first-order valence-electron chi connectivity index (χ1n) is 13.8. The summed E-state index contributed by atoms with van der Waals surface area (Å²) >= 11 is 7.91. The van der Waals surface area contributed by atoms with Crippen LogP contribution < -0.4 is 10.1 Å². The molecule has 13 heteroatoms. The summed E-state index contributed by atoms with van der Waals surface area (Å²) < 4.78 is 50.3. The van der Waals surface area contributed by atoms with Crippen molar-refractivity contribution in [3.63, 3.8) is 0 Å². The van der Waals surface area contributed by atoms with Gasteiger partial charge >= 0.3 is 6.18 Å². The third kappa shape index (κ3) is 6.43. The quantitative estimate of drug-likeness (QED) is 0.203. The van der Waals surface area contributed by atoms with Crippen LogP contribution in [-0.4, -0.2) is 63.5 Å². The number of aromatic nitrogens is 3. The summed E-state index contributed by atoms with van der Waals surface area (Å²) in [6.45, 7) is 3.07. The van der Waals surface area contributed by atoms with Crippen LogP contribution in [0.4, 0.5) is 18.9 Å². The van der Waals surface area contributed by atoms with Crippen LogP contribution in [0.1, 0.15) is 21.5 Å². The molecule has 3 aromatic heterocycles. The van der Waals surface area contributed by atoms with Gasteiger partial charge < -0.3 is 19.5 Å². The Labute approximate surface area is 260 Å². The van der Waals surface area contributed by atoms with Crippen molar-refractivity contribution in [3.05, 3.63) is 87.2 Å². The molecule has 2 aromatic carbocycles. The van der Waals surface area contributed by atoms with Crippen molar-refractivity contribution >= 4 is 45.6 Å². The van der Waals surface area contributed by atoms with Crippen molar-refractivity contribution in [3.8, 4) is 23.0 Å². The maximum atomic E-state index is 14.1. The number of amides is 1. The summed E-state index contributed by atoms with van der Waals surface area (Å²) in [5, 5.41) is 6.71. The van der Waals surface area contributed by atoms with E-state index in [2.05, 4.69) is 20.2 Å². The lowest BCUT2D eigenvalue weighted by Crippen LogP contribution is -2.44. The van der Waals surface area contributed by atoms with Gasteiger partial charge in [0.25, 0.3) is 5.91 Å². The number of rotatable bonds is 7. The maximum Gasteiger partial charge on any atom is 0.416 e. The molecule has 1 amide bonds. The predicted octanol–water partition coefficient (Wildman–Crippen LogP) is 7.16. The number of benzene rings is 2. The van der Waals surface area contributed by atoms with E-state index >= 15 is 0 Å². The number of aryl methyl sites for hydroxylation is 1. The highest BCUT2D eigenvalue weighted by Gasteiger charge is 2.34. The Kier molecular flexibility index (Phi) is 8.34. The molecule has 8 nitrogen and oxygen atoms in total. The second kappa shape index (κ2) is 12.2. The number of piperazine rings is 1. The van der Waals surface area contributed by atoms with Gasteiger partial charge in [0.15, 0.2) is 5.82 Å². The third-order valence-electron chi connectivity index (χ3n) is 7.53. The van der Waals surface area contributed by atoms with Crippen molar-refractivity contribution in [2.45, 2.75) is 12.7 Å². The molecule has 0 aliphatic carbocycles. The normalized spacial score (nSPS) is 14.7. The van der Waals surface area contributed by atoms with E-state index in [9.17, 15) is 18.0 Å². The predicted molar refractivity (Wildman–Crippen MR) is 166 cm³/mol. The monoisotopic (exact) mass is 640 g/mol. The highest BCUT2D eigenvalue weighted by molar-refractivity contribution is 7.08. The van der Waals surface area contributed by atoms with Gasteiger partial charge in [0.05, 0.1) is 21.8 Å². The number of carbonyl (C=O) groups excluding carboxylic acids is 1. The molecular formula is C31H28ClF3N6O2S. The van der Waals surface area contributed by atoms with E-state index in [-0.39, 0.29) is 28.4 Å². The van der Waals surface area contributed by atoms with E-state index in [1.165, 1.54) is 35.6 Å². The van der Waals surface area contributed by atoms with Crippen molar-refractivity contribution in [2.75, 3.05) is 38.5 Å². The number of thiophene rings is 1. The molecule has 6 rings (SSSR count). The minimum atomic E-state index is -4.62. The molecule has 1 N–H and O–H groups in total. The van der Waals surface area contributed by atoms with Crippen molar-refractivity contribution in [2.24, 2.45) is 7.05 Å². The molecular weight excluding hydrogens is 613 g/mol. The average molecular weight is 641 g/mol. The SMILES string of the molecule is CN1CCN(Cc2ccc(C(=O)Nc3cc(Oc4nc(-c5ccsc5)nc5ccn(C)c45)ccc3Cl)cc2C(F)(F)F)CC1. The molecule has 44 heavy (non-hydrogen) atoms. The van der Waals surface area contributed by atoms with Crippen molar-refractivity contribution in [1.82, 2.24) is 24.3 Å². The van der Waals surface area contributed by atoms with Gasteiger partial charge in [-0.2, -0.15) is 29.5 Å². The van der Waals surface area contributed by atoms with Gasteiger partial charge in [0.2, 0.25) is 5.88 Å². The Bertz CT molecular complexity index is 1820. The Balaban J connectivity index is 1.25. The van der Waals surface area contributed by atoms with Crippen LogP contribution in [0.15, 0.2) is 65.5 Å². The topological polar surface area (TPSA) is 75.5 Å². The molecule has 0 unspecified atom stereocenters. The average Bonchev–Trinajstić information content (AvgIpc) is 3.66. The number of carbonyl (C=O) groups is 1. The van der Waals surface area contributed by atoms with Gasteiger partial charge in [-0.1, -0.05) is 17.7 Å². The number of hydrogen-bond acceptors (Lipinski definition) is 7. The highest BCUT2D eigenvalue weighted by Crippen LogP contribution is 2.36. The second-order valence-corrected chi connectivity index (χ2v) is 11.9. The zero-order valence-electron chi connectivity index (χ0n) is 23.9. The number of anilines is 1. The Morgan fingerprint density at radius 1 is 1.05 bits per heavy atom. The van der Waals surface area contributed by atoms with E-state index in [0.717, 1.165) is 24.7 Å². The Morgan fingerprint density at radius 3 is 2.57 bits per heavy atom. The van der Waals surface area contributed by atoms with Gasteiger partial charge in [-0.25, -0.2) is 4.98 Å². The molecule has 1 aliphatic rings. The van der Waals surface area contributed by atoms with Crippen LogP contribution >= 0.6 is 22.9 Å². The molecule has 5 aromatic rings. The first-order valence-corrected chi connectivity index (χ1v) is 15.1. The van der Waals surface area contributed by atoms with Gasteiger partial charge in [0, 0.05) is 68.5 Å². The van der Waals surface area contributed by atoms with Crippen LogP contribution in [0.5, 0.6) is 11.6 Å². The highest BCUT2D eigenvalue weighted by atomic mass is 35.5. The number of alkyl halides is 3. The van der Waals surface area contributed by atoms with Crippen molar-refractivity contribution < 1.29 is 22.7 Å². The zero-order valence-corrected chi connectivity index (χ0v) is 25.4. The number of ether oxygens (including phenoxy) is 1. The van der Waals surface area contributed by atoms with Crippen LogP contribution in [0.3, 0.4) is 0 Å². The second-order valence-electron chi connectivity index (χ2n) is 10.7. The van der Waals surface area contributed by atoms with E-state index < -0.39 is 17.6 Å². The maximum absolute atomic E-state index is 14.1. The van der Waals surface area contributed by atoms with Gasteiger partial charge in [0.1, 0.15) is 11.3 Å². The van der Waals surface area contributed by atoms with Gasteiger partial charge in [-0.3, -0.25) is 9.69 Å². The molecule has 1 aliphatic heterocycles. The lowest BCUT2D eigenvalue weighted by Gasteiger charge is -2.33. The number of nitrogens with one attached hydrogen (secondary N) is 1. The molecule has 0 saturated carbocycles. The van der Waals surface area contributed by atoms with Crippen LogP contribution in [0, 0.1) is 0 Å². The Morgan fingerprint density at radius 2 is 1.84 bits per heavy atom. The lowest BCUT2D eigenvalue weighted by molar-refractivity contribution is -0.138. The molecule has 0 radical (unpaired) electrons. The molecule has 0 bridgehead atoms. The largest absolute Gasteiger partial charge is 0.437 e. The summed E-state index contributed by atoms with van der Waals surface area (Å²) in [4.78, 5) is 26.6. The summed E-state index contributed by atoms with van der Waals surface area (Å²) in [5.41, 5.74) is 1.55. The van der Waals surface area contributed by atoms with Gasteiger partial charge in [-0.15, -0.1) is 0 Å². The number of halogens is 4. The number of nitrogens with zero attached hydrogens (tertiary/aromatic N) is 5. The third-order valence-corrected chi connectivity index (χ3v) is 8.55. The van der Waals surface area contributed by atoms with Crippen LogP contribution in [-0.2, 0) is 19.8 Å². The molecule has 0 spiro atoms. The smallest absolute Gasteiger partial charge is 0.416 e. The van der Waals surface area contributed by atoms with Crippen LogP contribution in [0.2, 0.25) is 5.02 Å². The standard InChI is InChI=1S/C31H28ClF3N6O2S/c1-39-10-12-41(13-11-39)17-20-4-3-19(15-23(20)31(33,34)35)29(42)37-26-16-22(5-6-24(26)32)43-30-27-25(7-9-40(27)2)36-28(38-30)21-8-14-44-18-21/h3-9,14-16,18H,10-13,17H2,1-2H3,(H,37,42). The van der Waals surface area contributed by atoms with E-state index in [1.54, 1.807) is 6.07 Å². The zero-order chi connectivity index (χ0) is 31.0. The first-order chi connectivity index (χ1) is 21.0. The number of fused-ring (bicyclic) bond motifs is 1. The summed E-state index contributed by atoms with van der Waals surface area (Å²) in [6.07, 6.45) is -2.77.